The predicted molar refractivity (Wildman–Crippen MR) is 214 cm³/mol. The fourth-order valence-electron chi connectivity index (χ4n) is 7.99. The topological polar surface area (TPSA) is 135 Å². The van der Waals surface area contributed by atoms with Crippen molar-refractivity contribution in [2.45, 2.75) is 122 Å². The van der Waals surface area contributed by atoms with Crippen LogP contribution in [-0.2, 0) is 46.2 Å². The molecule has 2 aromatic carbocycles. The summed E-state index contributed by atoms with van der Waals surface area (Å²) in [5.41, 5.74) is 0.827. The smallest absolute Gasteiger partial charge is 0.328 e. The predicted octanol–water partition coefficient (Wildman–Crippen LogP) is 6.72. The SMILES string of the molecule is CO[C@@H]1/C=C/C=C(\C)Cc2cc(C)c(Cl)c(c2)N(C)C(=O)C[C@H](OC(=O)[C@H](C)N(C)C(=O)c2ccc(CC(C)C)cc2F)[C@]2(C)O[C@H]2[C@H](C)[C@@H]2C[C@@]1(O)CC(=O)O2. The Morgan fingerprint density at radius 3 is 2.51 bits per heavy atom. The van der Waals surface area contributed by atoms with Gasteiger partial charge in [-0.1, -0.05) is 68.3 Å². The molecule has 5 rings (SSSR count). The molecule has 2 fully saturated rings. The average Bonchev–Trinajstić information content (AvgIpc) is 3.83. The number of fused-ring (bicyclic) bond motifs is 5. The molecule has 13 heteroatoms. The van der Waals surface area contributed by atoms with Crippen molar-refractivity contribution in [3.8, 4) is 0 Å². The van der Waals surface area contributed by atoms with E-state index < -0.39 is 77.1 Å². The van der Waals surface area contributed by atoms with Gasteiger partial charge in [-0.15, -0.1) is 0 Å². The van der Waals surface area contributed by atoms with Crippen LogP contribution < -0.4 is 4.90 Å². The van der Waals surface area contributed by atoms with E-state index in [2.05, 4.69) is 0 Å². The first kappa shape index (κ1) is 44.0. The summed E-state index contributed by atoms with van der Waals surface area (Å²) in [7, 11) is 4.45. The van der Waals surface area contributed by atoms with E-state index in [0.29, 0.717) is 29.5 Å². The number of benzene rings is 2. The largest absolute Gasteiger partial charge is 0.462 e. The molecule has 310 valence electrons. The lowest BCUT2D eigenvalue weighted by Gasteiger charge is -2.41. The third kappa shape index (κ3) is 9.62. The molecule has 0 unspecified atom stereocenters. The number of aliphatic hydroxyl groups is 1. The van der Waals surface area contributed by atoms with E-state index in [1.54, 1.807) is 32.2 Å². The van der Waals surface area contributed by atoms with Crippen LogP contribution in [0, 0.1) is 24.6 Å². The monoisotopic (exact) mass is 810 g/mol. The number of hydrogen-bond acceptors (Lipinski definition) is 9. The van der Waals surface area contributed by atoms with Crippen LogP contribution in [0.25, 0.3) is 0 Å². The van der Waals surface area contributed by atoms with Crippen LogP contribution in [0.2, 0.25) is 5.02 Å². The summed E-state index contributed by atoms with van der Waals surface area (Å²) < 4.78 is 39.1. The highest BCUT2D eigenvalue weighted by Gasteiger charge is 2.64. The van der Waals surface area contributed by atoms with Crippen LogP contribution >= 0.6 is 11.6 Å². The van der Waals surface area contributed by atoms with Crippen molar-refractivity contribution < 1.29 is 47.6 Å². The molecular weight excluding hydrogens is 755 g/mol. The Balaban J connectivity index is 1.49. The summed E-state index contributed by atoms with van der Waals surface area (Å²) in [6, 6.07) is 7.05. The number of nitrogens with zero attached hydrogens (tertiary/aromatic N) is 2. The summed E-state index contributed by atoms with van der Waals surface area (Å²) in [4.78, 5) is 57.2. The van der Waals surface area contributed by atoms with E-state index >= 15 is 4.39 Å². The summed E-state index contributed by atoms with van der Waals surface area (Å²) in [6.45, 7) is 12.8. The number of rotatable bonds is 7. The normalized spacial score (nSPS) is 30.1. The third-order valence-corrected chi connectivity index (χ3v) is 12.1. The highest BCUT2D eigenvalue weighted by atomic mass is 35.5. The van der Waals surface area contributed by atoms with E-state index in [1.165, 1.54) is 38.1 Å². The number of halogens is 2. The fourth-order valence-corrected chi connectivity index (χ4v) is 8.22. The molecule has 2 aromatic rings. The van der Waals surface area contributed by atoms with Gasteiger partial charge in [0.25, 0.3) is 5.91 Å². The molecule has 11 nitrogen and oxygen atoms in total. The fraction of sp³-hybridized carbons (Fsp3) is 0.545. The van der Waals surface area contributed by atoms with Crippen molar-refractivity contribution in [1.29, 1.82) is 0 Å². The van der Waals surface area contributed by atoms with Gasteiger partial charge in [-0.25, -0.2) is 9.18 Å². The van der Waals surface area contributed by atoms with Gasteiger partial charge in [0.2, 0.25) is 5.91 Å². The van der Waals surface area contributed by atoms with Crippen molar-refractivity contribution >= 4 is 41.0 Å². The number of carbonyl (C=O) groups excluding carboxylic acids is 4. The van der Waals surface area contributed by atoms with E-state index in [9.17, 15) is 24.3 Å². The molecule has 0 saturated carbocycles. The third-order valence-electron chi connectivity index (χ3n) is 11.6. The standard InChI is InChI=1S/C44H56ClFN2O9/c1-24(2)16-29-14-15-31(32(46)19-29)41(51)47(8)28(6)42(52)56-36-21-37(49)48(9)33-20-30(18-26(4)39(33)45)17-25(3)12-11-13-35(54-10)44(53)22-34(55-38(50)23-44)27(5)40-43(36,7)57-40/h11-15,18-20,24,27-28,34-36,40,53H,16-17,21-23H2,1-10H3/b13-11+,25-12+/t27-,28+,34+,35-,36+,40+,43+,44-/m1/s1. The molecule has 4 bridgehead atoms. The number of ether oxygens (including phenoxy) is 4. The second-order valence-corrected chi connectivity index (χ2v) is 17.0. The number of carbonyl (C=O) groups is 4. The van der Waals surface area contributed by atoms with Gasteiger partial charge >= 0.3 is 11.9 Å². The van der Waals surface area contributed by atoms with Crippen molar-refractivity contribution in [2.24, 2.45) is 11.8 Å². The number of aryl methyl sites for hydroxylation is 1. The van der Waals surface area contributed by atoms with Gasteiger partial charge in [0, 0.05) is 33.5 Å². The number of epoxide rings is 1. The van der Waals surface area contributed by atoms with Crippen LogP contribution in [0.5, 0.6) is 0 Å². The summed E-state index contributed by atoms with van der Waals surface area (Å²) in [5, 5.41) is 12.3. The first-order chi connectivity index (χ1) is 26.7. The Hall–Kier alpha value is -4.10. The van der Waals surface area contributed by atoms with Gasteiger partial charge in [0.1, 0.15) is 41.4 Å². The number of hydrogen-bond donors (Lipinski definition) is 1. The summed E-state index contributed by atoms with van der Waals surface area (Å²) in [6.07, 6.45) is 2.48. The molecule has 1 N–H and O–H groups in total. The molecule has 2 saturated heterocycles. The van der Waals surface area contributed by atoms with Crippen molar-refractivity contribution in [3.05, 3.63) is 87.2 Å². The molecule has 3 aliphatic rings. The highest BCUT2D eigenvalue weighted by molar-refractivity contribution is 6.34. The zero-order valence-corrected chi connectivity index (χ0v) is 35.3. The maximum Gasteiger partial charge on any atom is 0.328 e. The first-order valence-corrected chi connectivity index (χ1v) is 19.8. The quantitative estimate of drug-likeness (QED) is 0.239. The molecule has 8 atom stereocenters. The van der Waals surface area contributed by atoms with Crippen LogP contribution in [-0.4, -0.2) is 96.6 Å². The van der Waals surface area contributed by atoms with Gasteiger partial charge in [0.15, 0.2) is 0 Å². The number of anilines is 1. The van der Waals surface area contributed by atoms with Crippen LogP contribution in [0.3, 0.4) is 0 Å². The molecule has 57 heavy (non-hydrogen) atoms. The van der Waals surface area contributed by atoms with Gasteiger partial charge in [-0.2, -0.15) is 0 Å². The van der Waals surface area contributed by atoms with E-state index in [1.807, 2.05) is 52.8 Å². The zero-order chi connectivity index (χ0) is 42.1. The Morgan fingerprint density at radius 2 is 1.86 bits per heavy atom. The van der Waals surface area contributed by atoms with Crippen LogP contribution in [0.4, 0.5) is 10.1 Å². The molecular formula is C44H56ClFN2O9. The number of esters is 2. The van der Waals surface area contributed by atoms with E-state index in [-0.39, 0.29) is 24.8 Å². The lowest BCUT2D eigenvalue weighted by molar-refractivity contribution is -0.187. The van der Waals surface area contributed by atoms with Crippen molar-refractivity contribution in [1.82, 2.24) is 4.90 Å². The Kier molecular flexibility index (Phi) is 13.4. The van der Waals surface area contributed by atoms with Crippen LogP contribution in [0.15, 0.2) is 54.1 Å². The average molecular weight is 811 g/mol. The maximum atomic E-state index is 15.2. The Morgan fingerprint density at radius 1 is 1.16 bits per heavy atom. The number of likely N-dealkylation sites (N-methyl/N-ethyl adjacent to an activating group) is 1. The minimum absolute atomic E-state index is 0.0378. The second kappa shape index (κ2) is 17.4. The lowest BCUT2D eigenvalue weighted by atomic mass is 9.78. The number of amides is 2. The van der Waals surface area contributed by atoms with Crippen molar-refractivity contribution in [2.75, 3.05) is 26.1 Å². The Bertz CT molecular complexity index is 1950. The molecule has 3 aliphatic heterocycles. The second-order valence-electron chi connectivity index (χ2n) is 16.7. The summed E-state index contributed by atoms with van der Waals surface area (Å²) >= 11 is 6.79. The number of methoxy groups -OCH3 is 1. The lowest BCUT2D eigenvalue weighted by Crippen LogP contribution is -2.53. The Labute approximate surface area is 340 Å². The van der Waals surface area contributed by atoms with Gasteiger partial charge < -0.3 is 33.9 Å². The van der Waals surface area contributed by atoms with Crippen molar-refractivity contribution in [3.63, 3.8) is 0 Å². The number of allylic oxidation sites excluding steroid dienone is 3. The van der Waals surface area contributed by atoms with Gasteiger partial charge in [-0.05, 0) is 81.3 Å². The molecule has 2 amide bonds. The molecule has 0 aliphatic carbocycles. The van der Waals surface area contributed by atoms with Gasteiger partial charge in [-0.3, -0.25) is 14.4 Å². The molecule has 0 radical (unpaired) electrons. The van der Waals surface area contributed by atoms with E-state index in [0.717, 1.165) is 27.2 Å². The molecule has 0 aromatic heterocycles. The first-order valence-electron chi connectivity index (χ1n) is 19.5. The molecule has 3 heterocycles. The minimum Gasteiger partial charge on any atom is -0.462 e. The minimum atomic E-state index is -1.59. The van der Waals surface area contributed by atoms with Gasteiger partial charge in [0.05, 0.1) is 35.2 Å². The highest BCUT2D eigenvalue weighted by Crippen LogP contribution is 2.49. The van der Waals surface area contributed by atoms with Crippen LogP contribution in [0.1, 0.15) is 87.9 Å². The zero-order valence-electron chi connectivity index (χ0n) is 34.6. The molecule has 0 spiro atoms. The summed E-state index contributed by atoms with van der Waals surface area (Å²) in [5.74, 6) is -3.50. The van der Waals surface area contributed by atoms with E-state index in [4.69, 9.17) is 30.5 Å². The maximum absolute atomic E-state index is 15.2.